The summed E-state index contributed by atoms with van der Waals surface area (Å²) in [6, 6.07) is 4.28. The molecule has 0 aromatic heterocycles. The minimum atomic E-state index is -0.848. The summed E-state index contributed by atoms with van der Waals surface area (Å²) in [5.74, 6) is -0.581. The number of hydrogen-bond donors (Lipinski definition) is 6. The summed E-state index contributed by atoms with van der Waals surface area (Å²) in [4.78, 5) is 61.4. The lowest BCUT2D eigenvalue weighted by Gasteiger charge is -2.27. The van der Waals surface area contributed by atoms with E-state index in [0.29, 0.717) is 24.1 Å². The van der Waals surface area contributed by atoms with Gasteiger partial charge in [0, 0.05) is 18.3 Å². The lowest BCUT2D eigenvalue weighted by molar-refractivity contribution is -0.129. The second-order valence-electron chi connectivity index (χ2n) is 11.4. The maximum absolute atomic E-state index is 13.2. The summed E-state index contributed by atoms with van der Waals surface area (Å²) in [5, 5.41) is 14.1. The van der Waals surface area contributed by atoms with Crippen molar-refractivity contribution >= 4 is 35.4 Å². The van der Waals surface area contributed by atoms with E-state index in [0.717, 1.165) is 6.42 Å². The number of ether oxygens (including phenoxy) is 1. The largest absolute Gasteiger partial charge is 0.445 e. The second kappa shape index (κ2) is 18.7. The fourth-order valence-electron chi connectivity index (χ4n) is 4.09. The summed E-state index contributed by atoms with van der Waals surface area (Å²) in [6.07, 6.45) is 1.40. The Kier molecular flexibility index (Phi) is 16.2. The van der Waals surface area contributed by atoms with E-state index in [1.54, 1.807) is 24.3 Å². The van der Waals surface area contributed by atoms with Crippen molar-refractivity contribution in [2.45, 2.75) is 105 Å². The van der Waals surface area contributed by atoms with Crippen LogP contribution >= 0.6 is 0 Å². The first-order valence-electron chi connectivity index (χ1n) is 14.7. The third-order valence-corrected chi connectivity index (χ3v) is 6.71. The van der Waals surface area contributed by atoms with Gasteiger partial charge in [-0.25, -0.2) is 9.59 Å². The first kappa shape index (κ1) is 36.4. The molecule has 1 aromatic carbocycles. The highest BCUT2D eigenvalue weighted by Crippen LogP contribution is 2.13. The van der Waals surface area contributed by atoms with Gasteiger partial charge in [-0.3, -0.25) is 14.4 Å². The number of carbonyl (C=O) groups excluding carboxylic acids is 5. The van der Waals surface area contributed by atoms with Crippen LogP contribution in [0.15, 0.2) is 24.3 Å². The lowest BCUT2D eigenvalue weighted by atomic mass is 10.0. The number of rotatable bonds is 18. The summed E-state index contributed by atoms with van der Waals surface area (Å²) in [7, 11) is 0. The Morgan fingerprint density at radius 1 is 0.905 bits per heavy atom. The van der Waals surface area contributed by atoms with Crippen LogP contribution in [-0.2, 0) is 25.7 Å². The molecular formula is C30H50N6O6. The van der Waals surface area contributed by atoms with Gasteiger partial charge in [0.2, 0.25) is 11.8 Å². The average molecular weight is 591 g/mol. The topological polar surface area (TPSA) is 181 Å². The van der Waals surface area contributed by atoms with Crippen LogP contribution in [0.2, 0.25) is 0 Å². The summed E-state index contributed by atoms with van der Waals surface area (Å²) < 4.78 is 5.26. The van der Waals surface area contributed by atoms with Gasteiger partial charge in [0.25, 0.3) is 0 Å². The highest BCUT2D eigenvalue weighted by atomic mass is 16.5. The van der Waals surface area contributed by atoms with Gasteiger partial charge in [-0.05, 0) is 69.1 Å². The van der Waals surface area contributed by atoms with Gasteiger partial charge >= 0.3 is 12.1 Å². The number of benzene rings is 1. The zero-order valence-corrected chi connectivity index (χ0v) is 26.0. The molecule has 42 heavy (non-hydrogen) atoms. The van der Waals surface area contributed by atoms with Gasteiger partial charge in [0.1, 0.15) is 12.6 Å². The predicted octanol–water partition coefficient (Wildman–Crippen LogP) is 3.20. The van der Waals surface area contributed by atoms with Crippen molar-refractivity contribution in [3.05, 3.63) is 29.8 Å². The van der Waals surface area contributed by atoms with Crippen LogP contribution in [0.5, 0.6) is 0 Å². The van der Waals surface area contributed by atoms with Crippen molar-refractivity contribution in [3.8, 4) is 0 Å². The molecule has 0 spiro atoms. The maximum Gasteiger partial charge on any atom is 0.408 e. The molecule has 0 saturated heterocycles. The minimum Gasteiger partial charge on any atom is -0.445 e. The molecule has 236 valence electrons. The van der Waals surface area contributed by atoms with Crippen LogP contribution in [0.3, 0.4) is 0 Å². The van der Waals surface area contributed by atoms with E-state index in [-0.39, 0.29) is 49.1 Å². The van der Waals surface area contributed by atoms with Gasteiger partial charge in [-0.2, -0.15) is 0 Å². The fourth-order valence-corrected chi connectivity index (χ4v) is 4.09. The quantitative estimate of drug-likeness (QED) is 0.142. The third kappa shape index (κ3) is 14.3. The van der Waals surface area contributed by atoms with Gasteiger partial charge in [-0.1, -0.05) is 46.8 Å². The lowest BCUT2D eigenvalue weighted by Crippen LogP contribution is -2.55. The van der Waals surface area contributed by atoms with Gasteiger partial charge in [0.05, 0.1) is 12.1 Å². The van der Waals surface area contributed by atoms with Gasteiger partial charge in [-0.15, -0.1) is 0 Å². The number of urea groups is 1. The number of nitrogens with one attached hydrogen (secondary N) is 5. The van der Waals surface area contributed by atoms with Crippen LogP contribution in [0.4, 0.5) is 15.3 Å². The molecule has 12 heteroatoms. The molecule has 12 nitrogen and oxygen atoms in total. The van der Waals surface area contributed by atoms with E-state index in [1.807, 2.05) is 41.5 Å². The second-order valence-corrected chi connectivity index (χ2v) is 11.4. The summed E-state index contributed by atoms with van der Waals surface area (Å²) in [6.45, 7) is 13.5. The molecule has 4 atom stereocenters. The normalized spacial score (nSPS) is 13.9. The van der Waals surface area contributed by atoms with E-state index >= 15 is 0 Å². The SMILES string of the molecule is CCC(C)NC(C(=O)NC(CCCNC(N)=O)C(=O)Nc1ccc(COC(=O)NC(CC(C)C)C(C)=O)cc1)C(C)C. The van der Waals surface area contributed by atoms with Crippen molar-refractivity contribution in [1.82, 2.24) is 21.3 Å². The maximum atomic E-state index is 13.2. The molecule has 4 unspecified atom stereocenters. The number of carbonyl (C=O) groups is 5. The van der Waals surface area contributed by atoms with E-state index in [9.17, 15) is 24.0 Å². The Morgan fingerprint density at radius 3 is 2.07 bits per heavy atom. The molecule has 0 aliphatic rings. The molecule has 1 aromatic rings. The molecule has 1 rings (SSSR count). The molecule has 0 bridgehead atoms. The number of amides is 5. The zero-order valence-electron chi connectivity index (χ0n) is 26.0. The smallest absolute Gasteiger partial charge is 0.408 e. The van der Waals surface area contributed by atoms with Crippen LogP contribution in [-0.4, -0.2) is 60.4 Å². The van der Waals surface area contributed by atoms with Crippen molar-refractivity contribution < 1.29 is 28.7 Å². The highest BCUT2D eigenvalue weighted by Gasteiger charge is 2.28. The molecule has 0 saturated carbocycles. The average Bonchev–Trinajstić information content (AvgIpc) is 2.91. The van der Waals surface area contributed by atoms with Crippen LogP contribution < -0.4 is 32.3 Å². The monoisotopic (exact) mass is 590 g/mol. The number of nitrogens with two attached hydrogens (primary N) is 1. The molecule has 0 radical (unpaired) electrons. The van der Waals surface area contributed by atoms with E-state index in [1.165, 1.54) is 6.92 Å². The Balaban J connectivity index is 2.84. The van der Waals surface area contributed by atoms with Crippen LogP contribution in [0, 0.1) is 11.8 Å². The first-order chi connectivity index (χ1) is 19.7. The Labute approximate surface area is 249 Å². The highest BCUT2D eigenvalue weighted by molar-refractivity contribution is 5.98. The fraction of sp³-hybridized carbons (Fsp3) is 0.633. The molecule has 0 heterocycles. The van der Waals surface area contributed by atoms with E-state index in [2.05, 4.69) is 26.6 Å². The molecule has 5 amide bonds. The van der Waals surface area contributed by atoms with Crippen LogP contribution in [0.25, 0.3) is 0 Å². The van der Waals surface area contributed by atoms with E-state index in [4.69, 9.17) is 10.5 Å². The minimum absolute atomic E-state index is 0.000336. The zero-order chi connectivity index (χ0) is 31.8. The molecule has 7 N–H and O–H groups in total. The standard InChI is InChI=1S/C30H50N6O6/c1-8-20(6)33-26(19(4)5)28(39)35-24(10-9-15-32-29(31)40)27(38)34-23-13-11-22(12-14-23)17-42-30(41)36-25(21(7)37)16-18(2)3/h11-14,18-20,24-26,33H,8-10,15-17H2,1-7H3,(H,34,38)(H,35,39)(H,36,41)(H3,31,32,40). The first-order valence-corrected chi connectivity index (χ1v) is 14.7. The van der Waals surface area contributed by atoms with Crippen molar-refractivity contribution in [1.29, 1.82) is 0 Å². The number of hydrogen-bond acceptors (Lipinski definition) is 7. The number of ketones is 1. The number of anilines is 1. The number of Topliss-reactive ketones (excluding diaryl/α,β-unsaturated/α-hetero) is 1. The van der Waals surface area contributed by atoms with Crippen molar-refractivity contribution in [2.75, 3.05) is 11.9 Å². The Morgan fingerprint density at radius 2 is 1.55 bits per heavy atom. The molecular weight excluding hydrogens is 540 g/mol. The number of alkyl carbamates (subject to hydrolysis) is 1. The summed E-state index contributed by atoms with van der Waals surface area (Å²) >= 11 is 0. The van der Waals surface area contributed by atoms with Crippen molar-refractivity contribution in [2.24, 2.45) is 17.6 Å². The van der Waals surface area contributed by atoms with Gasteiger partial charge < -0.3 is 37.1 Å². The van der Waals surface area contributed by atoms with Crippen molar-refractivity contribution in [3.63, 3.8) is 0 Å². The number of primary amides is 1. The third-order valence-electron chi connectivity index (χ3n) is 6.71. The summed E-state index contributed by atoms with van der Waals surface area (Å²) in [5.41, 5.74) is 6.31. The predicted molar refractivity (Wildman–Crippen MR) is 163 cm³/mol. The Hall–Kier alpha value is -3.67. The Bertz CT molecular complexity index is 1030. The molecule has 0 aliphatic carbocycles. The van der Waals surface area contributed by atoms with E-state index < -0.39 is 36.2 Å². The molecule has 0 aliphatic heterocycles. The van der Waals surface area contributed by atoms with Crippen LogP contribution in [0.1, 0.15) is 79.7 Å². The van der Waals surface area contributed by atoms with Gasteiger partial charge in [0.15, 0.2) is 5.78 Å². The molecule has 0 fully saturated rings.